The van der Waals surface area contributed by atoms with Crippen molar-refractivity contribution < 1.29 is 0 Å². The Balaban J connectivity index is 2.46. The lowest BCUT2D eigenvalue weighted by Crippen LogP contribution is -2.22. The average Bonchev–Trinajstić information content (AvgIpc) is 2.50. The summed E-state index contributed by atoms with van der Waals surface area (Å²) in [6.07, 6.45) is 3.23. The van der Waals surface area contributed by atoms with E-state index in [1.54, 1.807) is 11.3 Å². The van der Waals surface area contributed by atoms with Crippen LogP contribution in [0, 0.1) is 6.92 Å². The normalized spacial score (nSPS) is 11.1. The van der Waals surface area contributed by atoms with E-state index in [2.05, 4.69) is 30.7 Å². The molecule has 0 saturated carbocycles. The largest absolute Gasteiger partial charge is 0.298 e. The first kappa shape index (κ1) is 10.7. The maximum absolute atomic E-state index is 4.26. The Bertz CT molecular complexity index is 245. The van der Waals surface area contributed by atoms with Gasteiger partial charge in [-0.05, 0) is 26.4 Å². The molecule has 0 radical (unpaired) electrons. The van der Waals surface area contributed by atoms with E-state index in [1.165, 1.54) is 22.9 Å². The summed E-state index contributed by atoms with van der Waals surface area (Å²) in [5.74, 6) is 0. The number of hydrogen-bond acceptors (Lipinski definition) is 3. The fraction of sp³-hybridized carbons (Fsp3) is 0.700. The summed E-state index contributed by atoms with van der Waals surface area (Å²) in [7, 11) is 0. The van der Waals surface area contributed by atoms with Crippen LogP contribution in [0.3, 0.4) is 0 Å². The maximum atomic E-state index is 4.26. The average molecular weight is 198 g/mol. The molecule has 0 unspecified atom stereocenters. The molecule has 2 nitrogen and oxygen atoms in total. The van der Waals surface area contributed by atoms with Gasteiger partial charge >= 0.3 is 0 Å². The van der Waals surface area contributed by atoms with Crippen LogP contribution in [0.5, 0.6) is 0 Å². The minimum absolute atomic E-state index is 1.07. The Morgan fingerprint density at radius 2 is 2.23 bits per heavy atom. The Labute approximate surface area is 84.6 Å². The van der Waals surface area contributed by atoms with Gasteiger partial charge in [0.15, 0.2) is 0 Å². The first-order valence-corrected chi connectivity index (χ1v) is 5.71. The van der Waals surface area contributed by atoms with Gasteiger partial charge in [0.25, 0.3) is 0 Å². The van der Waals surface area contributed by atoms with Crippen LogP contribution in [0.2, 0.25) is 0 Å². The second-order valence-electron chi connectivity index (χ2n) is 3.21. The molecule has 0 aromatic carbocycles. The van der Waals surface area contributed by atoms with Crippen molar-refractivity contribution in [3.63, 3.8) is 0 Å². The van der Waals surface area contributed by atoms with Crippen LogP contribution in [0.4, 0.5) is 0 Å². The van der Waals surface area contributed by atoms with Crippen molar-refractivity contribution in [2.75, 3.05) is 13.1 Å². The van der Waals surface area contributed by atoms with Crippen molar-refractivity contribution in [2.45, 2.75) is 33.7 Å². The van der Waals surface area contributed by atoms with Crippen molar-refractivity contribution in [3.8, 4) is 0 Å². The van der Waals surface area contributed by atoms with Crippen molar-refractivity contribution in [3.05, 3.63) is 16.1 Å². The van der Waals surface area contributed by atoms with Gasteiger partial charge in [-0.1, -0.05) is 13.8 Å². The van der Waals surface area contributed by atoms with E-state index in [-0.39, 0.29) is 0 Å². The highest BCUT2D eigenvalue weighted by Gasteiger charge is 2.04. The Kier molecular flexibility index (Phi) is 4.39. The minimum atomic E-state index is 1.07. The molecule has 0 N–H and O–H groups in total. The number of aromatic nitrogens is 1. The summed E-state index contributed by atoms with van der Waals surface area (Å²) >= 11 is 1.80. The van der Waals surface area contributed by atoms with E-state index in [4.69, 9.17) is 0 Å². The zero-order chi connectivity index (χ0) is 9.68. The zero-order valence-electron chi connectivity index (χ0n) is 8.71. The van der Waals surface area contributed by atoms with E-state index >= 15 is 0 Å². The molecule has 0 fully saturated rings. The summed E-state index contributed by atoms with van der Waals surface area (Å²) < 4.78 is 0. The number of rotatable bonds is 5. The third kappa shape index (κ3) is 3.44. The van der Waals surface area contributed by atoms with Crippen molar-refractivity contribution in [1.82, 2.24) is 9.88 Å². The quantitative estimate of drug-likeness (QED) is 0.723. The molecule has 1 rings (SSSR count). The minimum Gasteiger partial charge on any atom is -0.298 e. The molecular formula is C10H18N2S. The molecular weight excluding hydrogens is 180 g/mol. The summed E-state index contributed by atoms with van der Waals surface area (Å²) in [6, 6.07) is 0. The van der Waals surface area contributed by atoms with Gasteiger partial charge in [0.1, 0.15) is 0 Å². The Morgan fingerprint density at radius 1 is 1.46 bits per heavy atom. The Hall–Kier alpha value is -0.410. The molecule has 13 heavy (non-hydrogen) atoms. The molecule has 1 heterocycles. The lowest BCUT2D eigenvalue weighted by molar-refractivity contribution is 0.283. The van der Waals surface area contributed by atoms with Crippen molar-refractivity contribution in [1.29, 1.82) is 0 Å². The summed E-state index contributed by atoms with van der Waals surface area (Å²) in [4.78, 5) is 8.09. The lowest BCUT2D eigenvalue weighted by Gasteiger charge is -2.17. The van der Waals surface area contributed by atoms with Crippen LogP contribution in [0.1, 0.15) is 30.2 Å². The van der Waals surface area contributed by atoms with Crippen molar-refractivity contribution in [2.24, 2.45) is 0 Å². The van der Waals surface area contributed by atoms with Gasteiger partial charge in [-0.25, -0.2) is 4.98 Å². The van der Waals surface area contributed by atoms with E-state index < -0.39 is 0 Å². The van der Waals surface area contributed by atoms with Gasteiger partial charge in [-0.2, -0.15) is 0 Å². The number of nitrogens with zero attached hydrogens (tertiary/aromatic N) is 2. The highest BCUT2D eigenvalue weighted by Crippen LogP contribution is 2.13. The number of aryl methyl sites for hydroxylation is 1. The SMILES string of the molecule is CCCN(CC)Cc1cnc(C)s1. The van der Waals surface area contributed by atoms with Gasteiger partial charge in [0.2, 0.25) is 0 Å². The molecule has 74 valence electrons. The van der Waals surface area contributed by atoms with Crippen LogP contribution < -0.4 is 0 Å². The van der Waals surface area contributed by atoms with Gasteiger partial charge < -0.3 is 0 Å². The molecule has 1 aromatic heterocycles. The second-order valence-corrected chi connectivity index (χ2v) is 4.53. The predicted molar refractivity (Wildman–Crippen MR) is 58.1 cm³/mol. The van der Waals surface area contributed by atoms with Gasteiger partial charge in [-0.15, -0.1) is 11.3 Å². The van der Waals surface area contributed by atoms with Crippen LogP contribution in [0.25, 0.3) is 0 Å². The molecule has 0 aliphatic carbocycles. The van der Waals surface area contributed by atoms with Crippen molar-refractivity contribution >= 4 is 11.3 Å². The summed E-state index contributed by atoms with van der Waals surface area (Å²) in [5, 5.41) is 1.17. The first-order valence-electron chi connectivity index (χ1n) is 4.90. The number of thiazole rings is 1. The third-order valence-corrected chi connectivity index (χ3v) is 2.93. The van der Waals surface area contributed by atoms with E-state index in [1.807, 2.05) is 6.20 Å². The predicted octanol–water partition coefficient (Wildman–Crippen LogP) is 2.68. The standard InChI is InChI=1S/C10H18N2S/c1-4-6-12(5-2)8-10-7-11-9(3)13-10/h7H,4-6,8H2,1-3H3. The van der Waals surface area contributed by atoms with Gasteiger partial charge in [0, 0.05) is 17.6 Å². The Morgan fingerprint density at radius 3 is 2.69 bits per heavy atom. The summed E-state index contributed by atoms with van der Waals surface area (Å²) in [6.45, 7) is 9.88. The molecule has 0 saturated heterocycles. The third-order valence-electron chi connectivity index (χ3n) is 2.04. The second kappa shape index (κ2) is 5.35. The van der Waals surface area contributed by atoms with Crippen LogP contribution in [-0.4, -0.2) is 23.0 Å². The molecule has 3 heteroatoms. The molecule has 0 atom stereocenters. The fourth-order valence-electron chi connectivity index (χ4n) is 1.36. The van der Waals surface area contributed by atoms with Crippen LogP contribution in [0.15, 0.2) is 6.20 Å². The first-order chi connectivity index (χ1) is 6.26. The molecule has 0 aliphatic heterocycles. The number of hydrogen-bond donors (Lipinski definition) is 0. The maximum Gasteiger partial charge on any atom is 0.0897 e. The molecule has 0 amide bonds. The highest BCUT2D eigenvalue weighted by atomic mass is 32.1. The fourth-order valence-corrected chi connectivity index (χ4v) is 2.20. The molecule has 0 aliphatic rings. The monoisotopic (exact) mass is 198 g/mol. The smallest absolute Gasteiger partial charge is 0.0897 e. The van der Waals surface area contributed by atoms with E-state index in [9.17, 15) is 0 Å². The topological polar surface area (TPSA) is 16.1 Å². The van der Waals surface area contributed by atoms with Gasteiger partial charge in [0.05, 0.1) is 5.01 Å². The van der Waals surface area contributed by atoms with Gasteiger partial charge in [-0.3, -0.25) is 4.90 Å². The molecule has 0 spiro atoms. The van der Waals surface area contributed by atoms with E-state index in [0.29, 0.717) is 0 Å². The van der Waals surface area contributed by atoms with E-state index in [0.717, 1.165) is 13.1 Å². The zero-order valence-corrected chi connectivity index (χ0v) is 9.52. The lowest BCUT2D eigenvalue weighted by atomic mass is 10.4. The highest BCUT2D eigenvalue weighted by molar-refractivity contribution is 7.11. The summed E-state index contributed by atoms with van der Waals surface area (Å²) in [5.41, 5.74) is 0. The molecule has 0 bridgehead atoms. The van der Waals surface area contributed by atoms with Crippen LogP contribution >= 0.6 is 11.3 Å². The molecule has 1 aromatic rings. The van der Waals surface area contributed by atoms with Crippen LogP contribution in [-0.2, 0) is 6.54 Å².